The molecule has 2 aromatic rings. The lowest BCUT2D eigenvalue weighted by Gasteiger charge is -2.37. The number of thiocarbonyl (C=S) groups is 2. The number of anilines is 2. The maximum absolute atomic E-state index is 13.7. The lowest BCUT2D eigenvalue weighted by atomic mass is 10.3. The highest BCUT2D eigenvalue weighted by atomic mass is 32.1. The molecule has 0 spiro atoms. The predicted molar refractivity (Wildman–Crippen MR) is 108 cm³/mol. The molecule has 0 aromatic heterocycles. The minimum Gasteiger partial charge on any atom is -0.345 e. The molecule has 10 heteroatoms. The molecule has 0 amide bonds. The molecular weight excluding hydrogens is 412 g/mol. The highest BCUT2D eigenvalue weighted by molar-refractivity contribution is 7.80. The third-order valence-corrected chi connectivity index (χ3v) is 4.92. The van der Waals surface area contributed by atoms with E-state index in [0.717, 1.165) is 24.3 Å². The summed E-state index contributed by atoms with van der Waals surface area (Å²) in [5.41, 5.74) is 0.190. The van der Waals surface area contributed by atoms with E-state index in [9.17, 15) is 17.6 Å². The van der Waals surface area contributed by atoms with Gasteiger partial charge in [-0.3, -0.25) is 0 Å². The highest BCUT2D eigenvalue weighted by Gasteiger charge is 2.22. The van der Waals surface area contributed by atoms with Crippen molar-refractivity contribution in [3.05, 3.63) is 59.7 Å². The molecule has 0 bridgehead atoms. The molecule has 0 saturated carbocycles. The Morgan fingerprint density at radius 1 is 0.679 bits per heavy atom. The van der Waals surface area contributed by atoms with Gasteiger partial charge in [0.1, 0.15) is 23.3 Å². The molecular formula is C18H16F4N4S2. The van der Waals surface area contributed by atoms with Crippen LogP contribution < -0.4 is 10.6 Å². The van der Waals surface area contributed by atoms with Crippen LogP contribution in [0.15, 0.2) is 36.4 Å². The SMILES string of the molecule is Fc1ccc(NC(=S)N2CCN(C(=S)Nc3ccc(F)cc3F)CC2)c(F)c1. The summed E-state index contributed by atoms with van der Waals surface area (Å²) in [5.74, 6) is -2.79. The average molecular weight is 428 g/mol. The van der Waals surface area contributed by atoms with E-state index >= 15 is 0 Å². The number of benzene rings is 2. The summed E-state index contributed by atoms with van der Waals surface area (Å²) in [5, 5.41) is 6.16. The van der Waals surface area contributed by atoms with Gasteiger partial charge in [-0.15, -0.1) is 0 Å². The molecule has 2 aromatic carbocycles. The van der Waals surface area contributed by atoms with E-state index in [0.29, 0.717) is 36.4 Å². The van der Waals surface area contributed by atoms with Gasteiger partial charge in [-0.25, -0.2) is 17.6 Å². The molecule has 1 aliphatic rings. The van der Waals surface area contributed by atoms with Crippen molar-refractivity contribution in [2.45, 2.75) is 0 Å². The first kappa shape index (κ1) is 20.3. The second kappa shape index (κ2) is 8.70. The van der Waals surface area contributed by atoms with E-state index in [-0.39, 0.29) is 11.4 Å². The third-order valence-electron chi connectivity index (χ3n) is 4.20. The first-order valence-electron chi connectivity index (χ1n) is 8.35. The van der Waals surface area contributed by atoms with Crippen molar-refractivity contribution in [3.63, 3.8) is 0 Å². The Kier molecular flexibility index (Phi) is 6.30. The molecule has 0 atom stereocenters. The summed E-state index contributed by atoms with van der Waals surface area (Å²) in [7, 11) is 0. The molecule has 0 radical (unpaired) electrons. The Morgan fingerprint density at radius 3 is 1.36 bits per heavy atom. The quantitative estimate of drug-likeness (QED) is 0.557. The molecule has 1 fully saturated rings. The Morgan fingerprint density at radius 2 is 1.04 bits per heavy atom. The van der Waals surface area contributed by atoms with E-state index in [1.54, 1.807) is 0 Å². The number of hydrogen-bond donors (Lipinski definition) is 2. The van der Waals surface area contributed by atoms with Crippen LogP contribution in [0.2, 0.25) is 0 Å². The smallest absolute Gasteiger partial charge is 0.173 e. The maximum Gasteiger partial charge on any atom is 0.173 e. The summed E-state index contributed by atoms with van der Waals surface area (Å²) in [6.45, 7) is 2.01. The lowest BCUT2D eigenvalue weighted by molar-refractivity contribution is 0.264. The van der Waals surface area contributed by atoms with Crippen LogP contribution in [-0.2, 0) is 0 Å². The summed E-state index contributed by atoms with van der Waals surface area (Å²) in [6.07, 6.45) is 0. The van der Waals surface area contributed by atoms with E-state index in [4.69, 9.17) is 24.4 Å². The largest absolute Gasteiger partial charge is 0.345 e. The number of halogens is 4. The molecule has 1 heterocycles. The number of hydrogen-bond acceptors (Lipinski definition) is 2. The molecule has 28 heavy (non-hydrogen) atoms. The standard InChI is InChI=1S/C18H16F4N4S2/c19-11-1-3-15(13(21)9-11)23-17(27)25-5-7-26(8-6-25)18(28)24-16-4-2-12(20)10-14(16)22/h1-4,9-10H,5-8H2,(H,23,27)(H,24,28). The molecule has 4 nitrogen and oxygen atoms in total. The first-order valence-corrected chi connectivity index (χ1v) is 9.17. The van der Waals surface area contributed by atoms with Gasteiger partial charge in [-0.2, -0.15) is 0 Å². The zero-order valence-corrected chi connectivity index (χ0v) is 16.1. The van der Waals surface area contributed by atoms with Crippen LogP contribution in [0.25, 0.3) is 0 Å². The Hall–Kier alpha value is -2.46. The molecule has 148 valence electrons. The van der Waals surface area contributed by atoms with Crippen LogP contribution in [0.5, 0.6) is 0 Å². The van der Waals surface area contributed by atoms with Gasteiger partial charge in [0, 0.05) is 38.3 Å². The van der Waals surface area contributed by atoms with Gasteiger partial charge in [-0.1, -0.05) is 0 Å². The zero-order chi connectivity index (χ0) is 20.3. The van der Waals surface area contributed by atoms with E-state index in [1.165, 1.54) is 12.1 Å². The van der Waals surface area contributed by atoms with Crippen molar-refractivity contribution >= 4 is 46.0 Å². The van der Waals surface area contributed by atoms with Gasteiger partial charge in [0.2, 0.25) is 0 Å². The third kappa shape index (κ3) is 4.87. The van der Waals surface area contributed by atoms with Gasteiger partial charge < -0.3 is 20.4 Å². The minimum atomic E-state index is -0.729. The fourth-order valence-electron chi connectivity index (χ4n) is 2.68. The number of nitrogens with zero attached hydrogens (tertiary/aromatic N) is 2. The topological polar surface area (TPSA) is 30.5 Å². The first-order chi connectivity index (χ1) is 13.3. The van der Waals surface area contributed by atoms with Crippen LogP contribution >= 0.6 is 24.4 Å². The van der Waals surface area contributed by atoms with Gasteiger partial charge >= 0.3 is 0 Å². The number of nitrogens with one attached hydrogen (secondary N) is 2. The zero-order valence-electron chi connectivity index (χ0n) is 14.5. The van der Waals surface area contributed by atoms with Crippen LogP contribution in [0.4, 0.5) is 28.9 Å². The molecule has 0 unspecified atom stereocenters. The molecule has 2 N–H and O–H groups in total. The number of piperazine rings is 1. The van der Waals surface area contributed by atoms with Crippen LogP contribution in [-0.4, -0.2) is 46.2 Å². The van der Waals surface area contributed by atoms with Crippen LogP contribution in [0.3, 0.4) is 0 Å². The maximum atomic E-state index is 13.7. The van der Waals surface area contributed by atoms with Crippen LogP contribution in [0, 0.1) is 23.3 Å². The van der Waals surface area contributed by atoms with E-state index < -0.39 is 23.3 Å². The lowest BCUT2D eigenvalue weighted by Crippen LogP contribution is -2.52. The van der Waals surface area contributed by atoms with Gasteiger partial charge in [-0.05, 0) is 48.7 Å². The molecule has 1 saturated heterocycles. The molecule has 0 aliphatic carbocycles. The Balaban J connectivity index is 1.53. The van der Waals surface area contributed by atoms with Gasteiger partial charge in [0.05, 0.1) is 11.4 Å². The van der Waals surface area contributed by atoms with Gasteiger partial charge in [0.15, 0.2) is 10.2 Å². The predicted octanol–water partition coefficient (Wildman–Crippen LogP) is 3.95. The molecule has 1 aliphatic heterocycles. The monoisotopic (exact) mass is 428 g/mol. The van der Waals surface area contributed by atoms with Crippen molar-refractivity contribution < 1.29 is 17.6 Å². The number of rotatable bonds is 2. The highest BCUT2D eigenvalue weighted by Crippen LogP contribution is 2.18. The summed E-state index contributed by atoms with van der Waals surface area (Å²) in [4.78, 5) is 3.66. The normalized spacial score (nSPS) is 14.0. The van der Waals surface area contributed by atoms with Crippen molar-refractivity contribution in [1.29, 1.82) is 0 Å². The van der Waals surface area contributed by atoms with Gasteiger partial charge in [0.25, 0.3) is 0 Å². The summed E-state index contributed by atoms with van der Waals surface area (Å²) in [6, 6.07) is 6.41. The molecule has 3 rings (SSSR count). The summed E-state index contributed by atoms with van der Waals surface area (Å²) >= 11 is 10.6. The van der Waals surface area contributed by atoms with Crippen molar-refractivity contribution in [2.24, 2.45) is 0 Å². The Bertz CT molecular complexity index is 828. The Labute approximate surface area is 170 Å². The second-order valence-corrected chi connectivity index (χ2v) is 6.86. The second-order valence-electron chi connectivity index (χ2n) is 6.08. The fraction of sp³-hybridized carbons (Fsp3) is 0.222. The fourth-order valence-corrected chi connectivity index (χ4v) is 3.27. The van der Waals surface area contributed by atoms with Crippen LogP contribution in [0.1, 0.15) is 0 Å². The van der Waals surface area contributed by atoms with E-state index in [2.05, 4.69) is 10.6 Å². The van der Waals surface area contributed by atoms with Crippen molar-refractivity contribution in [3.8, 4) is 0 Å². The van der Waals surface area contributed by atoms with Crippen molar-refractivity contribution in [1.82, 2.24) is 9.80 Å². The summed E-state index contributed by atoms with van der Waals surface area (Å²) < 4.78 is 53.4. The van der Waals surface area contributed by atoms with E-state index in [1.807, 2.05) is 9.80 Å². The average Bonchev–Trinajstić information content (AvgIpc) is 2.66. The minimum absolute atomic E-state index is 0.0952. The van der Waals surface area contributed by atoms with Crippen molar-refractivity contribution in [2.75, 3.05) is 36.8 Å².